The number of hydrogen-bond donors (Lipinski definition) is 1. The number of halogens is 2. The Labute approximate surface area is 185 Å². The van der Waals surface area contributed by atoms with Crippen LogP contribution < -0.4 is 10.1 Å². The number of carbonyl (C=O) groups is 1. The number of rotatable bonds is 7. The van der Waals surface area contributed by atoms with Crippen molar-refractivity contribution in [2.45, 2.75) is 13.2 Å². The number of nitrogens with zero attached hydrogens (tertiary/aromatic N) is 3. The first-order valence-corrected chi connectivity index (χ1v) is 10.1. The van der Waals surface area contributed by atoms with Crippen molar-refractivity contribution in [2.24, 2.45) is 0 Å². The molecule has 4 aromatic rings. The number of furan rings is 1. The molecule has 1 N–H and O–H groups in total. The highest BCUT2D eigenvalue weighted by Crippen LogP contribution is 2.18. The molecule has 2 aromatic carbocycles. The molecule has 0 radical (unpaired) electrons. The number of hydrogen-bond acceptors (Lipinski definition) is 5. The molecule has 9 heteroatoms. The van der Waals surface area contributed by atoms with E-state index in [-0.39, 0.29) is 18.3 Å². The number of benzene rings is 2. The van der Waals surface area contributed by atoms with E-state index in [2.05, 4.69) is 31.3 Å². The van der Waals surface area contributed by atoms with Crippen molar-refractivity contribution in [1.82, 2.24) is 14.8 Å². The zero-order valence-electron chi connectivity index (χ0n) is 15.6. The van der Waals surface area contributed by atoms with E-state index in [0.29, 0.717) is 23.1 Å². The highest BCUT2D eigenvalue weighted by atomic mass is 79.9. The van der Waals surface area contributed by atoms with E-state index in [1.807, 2.05) is 42.5 Å². The average Bonchev–Trinajstić information content (AvgIpc) is 3.37. The van der Waals surface area contributed by atoms with E-state index in [4.69, 9.17) is 20.8 Å². The molecule has 0 aliphatic rings. The van der Waals surface area contributed by atoms with Gasteiger partial charge in [-0.1, -0.05) is 39.7 Å². The van der Waals surface area contributed by atoms with Gasteiger partial charge in [0.25, 0.3) is 5.91 Å². The normalized spacial score (nSPS) is 10.7. The van der Waals surface area contributed by atoms with Crippen molar-refractivity contribution in [2.75, 3.05) is 5.32 Å². The SMILES string of the molecule is O=C(Nc1ncn(Cc2cccc(Cl)c2)n1)c1ccc(COc2ccc(Br)cc2)o1. The molecule has 7 nitrogen and oxygen atoms in total. The minimum absolute atomic E-state index is 0.149. The standard InChI is InChI=1S/C21H16BrClN4O3/c22-15-4-6-17(7-5-15)29-12-18-8-9-19(30-18)20(28)25-21-24-13-27(26-21)11-14-2-1-3-16(23)10-14/h1-10,13H,11-12H2,(H,25,26,28). The number of nitrogens with one attached hydrogen (secondary N) is 1. The summed E-state index contributed by atoms with van der Waals surface area (Å²) < 4.78 is 13.8. The van der Waals surface area contributed by atoms with Gasteiger partial charge in [-0.2, -0.15) is 0 Å². The summed E-state index contributed by atoms with van der Waals surface area (Å²) in [5.41, 5.74) is 0.978. The topological polar surface area (TPSA) is 82.2 Å². The van der Waals surface area contributed by atoms with Gasteiger partial charge in [0, 0.05) is 9.50 Å². The van der Waals surface area contributed by atoms with Crippen LogP contribution >= 0.6 is 27.5 Å². The van der Waals surface area contributed by atoms with Crippen molar-refractivity contribution in [3.63, 3.8) is 0 Å². The number of carbonyl (C=O) groups excluding carboxylic acids is 1. The summed E-state index contributed by atoms with van der Waals surface area (Å²) >= 11 is 9.37. The highest BCUT2D eigenvalue weighted by Gasteiger charge is 2.14. The van der Waals surface area contributed by atoms with Crippen LogP contribution in [-0.4, -0.2) is 20.7 Å². The summed E-state index contributed by atoms with van der Waals surface area (Å²) in [5, 5.41) is 7.52. The first kappa shape index (κ1) is 20.2. The molecule has 30 heavy (non-hydrogen) atoms. The predicted octanol–water partition coefficient (Wildman–Crippen LogP) is 5.17. The number of amides is 1. The van der Waals surface area contributed by atoms with Crippen LogP contribution in [0.15, 0.2) is 75.9 Å². The van der Waals surface area contributed by atoms with Crippen molar-refractivity contribution >= 4 is 39.4 Å². The fourth-order valence-electron chi connectivity index (χ4n) is 2.68. The molecular formula is C21H16BrClN4O3. The summed E-state index contributed by atoms with van der Waals surface area (Å²) in [6, 6.07) is 18.2. The molecule has 0 aliphatic heterocycles. The lowest BCUT2D eigenvalue weighted by molar-refractivity contribution is 0.0991. The van der Waals surface area contributed by atoms with Crippen LogP contribution in [0.3, 0.4) is 0 Å². The van der Waals surface area contributed by atoms with Crippen molar-refractivity contribution in [3.8, 4) is 5.75 Å². The molecule has 2 heterocycles. The molecule has 0 saturated carbocycles. The molecule has 0 aliphatic carbocycles. The molecule has 152 valence electrons. The first-order chi connectivity index (χ1) is 14.5. The summed E-state index contributed by atoms with van der Waals surface area (Å²) in [4.78, 5) is 16.5. The predicted molar refractivity (Wildman–Crippen MR) is 116 cm³/mol. The van der Waals surface area contributed by atoms with Crippen LogP contribution in [0.4, 0.5) is 5.95 Å². The Bertz CT molecular complexity index is 1160. The lowest BCUT2D eigenvalue weighted by atomic mass is 10.2. The fraction of sp³-hybridized carbons (Fsp3) is 0.0952. The average molecular weight is 488 g/mol. The molecule has 4 rings (SSSR count). The molecule has 0 bridgehead atoms. The maximum Gasteiger partial charge on any atom is 0.293 e. The maximum absolute atomic E-state index is 12.4. The van der Waals surface area contributed by atoms with Gasteiger partial charge in [-0.3, -0.25) is 10.1 Å². The van der Waals surface area contributed by atoms with Gasteiger partial charge in [0.05, 0.1) is 6.54 Å². The lowest BCUT2D eigenvalue weighted by Crippen LogP contribution is -2.12. The molecule has 2 aromatic heterocycles. The van der Waals surface area contributed by atoms with Gasteiger partial charge in [0.1, 0.15) is 24.4 Å². The van der Waals surface area contributed by atoms with Crippen LogP contribution in [0.2, 0.25) is 5.02 Å². The van der Waals surface area contributed by atoms with Gasteiger partial charge in [0.15, 0.2) is 5.76 Å². The van der Waals surface area contributed by atoms with E-state index >= 15 is 0 Å². The van der Waals surface area contributed by atoms with Crippen molar-refractivity contribution < 1.29 is 13.9 Å². The van der Waals surface area contributed by atoms with Gasteiger partial charge in [0.2, 0.25) is 5.95 Å². The molecule has 0 spiro atoms. The van der Waals surface area contributed by atoms with Crippen LogP contribution in [-0.2, 0) is 13.2 Å². The number of aromatic nitrogens is 3. The largest absolute Gasteiger partial charge is 0.486 e. The Kier molecular flexibility index (Phi) is 6.15. The third-order valence-corrected chi connectivity index (χ3v) is 4.84. The Morgan fingerprint density at radius 1 is 1.17 bits per heavy atom. The third kappa shape index (κ3) is 5.28. The highest BCUT2D eigenvalue weighted by molar-refractivity contribution is 9.10. The van der Waals surface area contributed by atoms with Crippen molar-refractivity contribution in [1.29, 1.82) is 0 Å². The van der Waals surface area contributed by atoms with Gasteiger partial charge < -0.3 is 9.15 Å². The maximum atomic E-state index is 12.4. The van der Waals surface area contributed by atoms with Crippen LogP contribution in [0.25, 0.3) is 0 Å². The molecule has 0 fully saturated rings. The summed E-state index contributed by atoms with van der Waals surface area (Å²) in [6.45, 7) is 0.698. The second-order valence-electron chi connectivity index (χ2n) is 6.36. The van der Waals surface area contributed by atoms with E-state index in [9.17, 15) is 4.79 Å². The van der Waals surface area contributed by atoms with E-state index in [1.165, 1.54) is 6.33 Å². The van der Waals surface area contributed by atoms with Gasteiger partial charge in [-0.25, -0.2) is 9.67 Å². The summed E-state index contributed by atoms with van der Waals surface area (Å²) in [6.07, 6.45) is 1.54. The fourth-order valence-corrected chi connectivity index (χ4v) is 3.15. The zero-order valence-corrected chi connectivity index (χ0v) is 17.9. The number of anilines is 1. The second-order valence-corrected chi connectivity index (χ2v) is 7.71. The Morgan fingerprint density at radius 3 is 2.80 bits per heavy atom. The van der Waals surface area contributed by atoms with Crippen LogP contribution in [0.1, 0.15) is 21.9 Å². The summed E-state index contributed by atoms with van der Waals surface area (Å²) in [5.74, 6) is 1.13. The number of ether oxygens (including phenoxy) is 1. The lowest BCUT2D eigenvalue weighted by Gasteiger charge is -2.04. The minimum Gasteiger partial charge on any atom is -0.486 e. The van der Waals surface area contributed by atoms with Crippen LogP contribution in [0.5, 0.6) is 5.75 Å². The van der Waals surface area contributed by atoms with Gasteiger partial charge >= 0.3 is 0 Å². The van der Waals surface area contributed by atoms with Gasteiger partial charge in [-0.05, 0) is 54.1 Å². The molecule has 0 unspecified atom stereocenters. The Morgan fingerprint density at radius 2 is 2.00 bits per heavy atom. The zero-order chi connectivity index (χ0) is 20.9. The second kappa shape index (κ2) is 9.15. The van der Waals surface area contributed by atoms with E-state index in [0.717, 1.165) is 10.0 Å². The smallest absolute Gasteiger partial charge is 0.293 e. The van der Waals surface area contributed by atoms with Gasteiger partial charge in [-0.15, -0.1) is 5.10 Å². The molecule has 0 atom stereocenters. The van der Waals surface area contributed by atoms with E-state index in [1.54, 1.807) is 22.9 Å². The first-order valence-electron chi connectivity index (χ1n) is 8.97. The van der Waals surface area contributed by atoms with Crippen molar-refractivity contribution in [3.05, 3.63) is 93.6 Å². The Balaban J connectivity index is 1.33. The summed E-state index contributed by atoms with van der Waals surface area (Å²) in [7, 11) is 0. The molecule has 0 saturated heterocycles. The van der Waals surface area contributed by atoms with E-state index < -0.39 is 5.91 Å². The third-order valence-electron chi connectivity index (χ3n) is 4.08. The quantitative estimate of drug-likeness (QED) is 0.389. The monoisotopic (exact) mass is 486 g/mol. The van der Waals surface area contributed by atoms with Crippen LogP contribution in [0, 0.1) is 0 Å². The molecular weight excluding hydrogens is 472 g/mol. The Hall–Kier alpha value is -3.10. The minimum atomic E-state index is -0.439. The molecule has 1 amide bonds.